The second kappa shape index (κ2) is 8.12. The highest BCUT2D eigenvalue weighted by Gasteiger charge is 2.35. The van der Waals surface area contributed by atoms with Crippen LogP contribution in [-0.2, 0) is 5.41 Å². The van der Waals surface area contributed by atoms with Crippen LogP contribution in [0.25, 0.3) is 65.8 Å². The fourth-order valence-corrected chi connectivity index (χ4v) is 6.82. The monoisotopic (exact) mass is 497 g/mol. The van der Waals surface area contributed by atoms with Gasteiger partial charge in [-0.15, -0.1) is 0 Å². The highest BCUT2D eigenvalue weighted by atomic mass is 14.7. The summed E-state index contributed by atoms with van der Waals surface area (Å²) in [6.45, 7) is 4.68. The molecule has 1 heteroatoms. The van der Waals surface area contributed by atoms with Crippen LogP contribution in [-0.4, -0.2) is 4.98 Å². The molecular weight excluding hydrogens is 470 g/mol. The van der Waals surface area contributed by atoms with Crippen molar-refractivity contribution in [3.8, 4) is 33.4 Å². The molecule has 0 amide bonds. The van der Waals surface area contributed by atoms with Gasteiger partial charge in [-0.3, -0.25) is 4.98 Å². The summed E-state index contributed by atoms with van der Waals surface area (Å²) >= 11 is 0. The summed E-state index contributed by atoms with van der Waals surface area (Å²) in [6.07, 6.45) is 1.92. The molecule has 184 valence electrons. The molecule has 1 aliphatic rings. The summed E-state index contributed by atoms with van der Waals surface area (Å²) in [5.41, 5.74) is 11.4. The predicted octanol–water partition coefficient (Wildman–Crippen LogP) is 10.2. The zero-order chi connectivity index (χ0) is 26.1. The van der Waals surface area contributed by atoms with Gasteiger partial charge >= 0.3 is 0 Å². The smallest absolute Gasteiger partial charge is 0.0792 e. The van der Waals surface area contributed by atoms with E-state index < -0.39 is 0 Å². The van der Waals surface area contributed by atoms with E-state index in [0.29, 0.717) is 0 Å². The molecule has 7 aromatic rings. The molecule has 1 aliphatic carbocycles. The summed E-state index contributed by atoms with van der Waals surface area (Å²) in [5, 5.41) is 6.17. The maximum absolute atomic E-state index is 5.01. The Hall–Kier alpha value is -4.75. The van der Waals surface area contributed by atoms with Crippen LogP contribution < -0.4 is 0 Å². The number of benzene rings is 6. The molecule has 0 aliphatic heterocycles. The van der Waals surface area contributed by atoms with Crippen molar-refractivity contribution in [3.63, 3.8) is 0 Å². The SMILES string of the molecule is CC1(C)c2ccccc2-c2cc(-c3c4ccccc4c(-c4ccc5ccccc5c4)c4ncccc34)ccc21. The van der Waals surface area contributed by atoms with E-state index in [1.54, 1.807) is 0 Å². The number of rotatable bonds is 2. The molecule has 8 rings (SSSR count). The Balaban J connectivity index is 1.45. The van der Waals surface area contributed by atoms with E-state index in [4.69, 9.17) is 4.98 Å². The molecule has 0 spiro atoms. The molecule has 0 unspecified atom stereocenters. The minimum Gasteiger partial charge on any atom is -0.256 e. The van der Waals surface area contributed by atoms with Gasteiger partial charge in [0.2, 0.25) is 0 Å². The molecule has 0 atom stereocenters. The Kier molecular flexibility index (Phi) is 4.63. The fraction of sp³-hybridized carbons (Fsp3) is 0.0789. The maximum atomic E-state index is 5.01. The third-order valence-electron chi connectivity index (χ3n) is 8.69. The van der Waals surface area contributed by atoms with Crippen LogP contribution in [0.2, 0.25) is 0 Å². The van der Waals surface area contributed by atoms with Gasteiger partial charge in [-0.1, -0.05) is 117 Å². The summed E-state index contributed by atoms with van der Waals surface area (Å²) in [6, 6.07) is 44.4. The fourth-order valence-electron chi connectivity index (χ4n) is 6.82. The van der Waals surface area contributed by atoms with Gasteiger partial charge in [0.05, 0.1) is 5.52 Å². The molecule has 6 aromatic carbocycles. The summed E-state index contributed by atoms with van der Waals surface area (Å²) < 4.78 is 0. The second-order valence-corrected chi connectivity index (χ2v) is 11.2. The molecule has 0 radical (unpaired) electrons. The number of nitrogens with zero attached hydrogens (tertiary/aromatic N) is 1. The quantitative estimate of drug-likeness (QED) is 0.217. The minimum absolute atomic E-state index is 0.00388. The Labute approximate surface area is 228 Å². The first kappa shape index (κ1) is 22.3. The van der Waals surface area contributed by atoms with E-state index in [1.165, 1.54) is 71.4 Å². The van der Waals surface area contributed by atoms with Gasteiger partial charge in [-0.05, 0) is 78.7 Å². The number of fused-ring (bicyclic) bond motifs is 6. The van der Waals surface area contributed by atoms with Crippen molar-refractivity contribution in [2.45, 2.75) is 19.3 Å². The zero-order valence-corrected chi connectivity index (χ0v) is 22.1. The molecule has 1 aromatic heterocycles. The van der Waals surface area contributed by atoms with Gasteiger partial charge in [0.1, 0.15) is 0 Å². The molecule has 1 nitrogen and oxygen atoms in total. The van der Waals surface area contributed by atoms with Crippen molar-refractivity contribution >= 4 is 32.4 Å². The van der Waals surface area contributed by atoms with Crippen LogP contribution in [0.15, 0.2) is 128 Å². The first-order chi connectivity index (χ1) is 19.1. The Morgan fingerprint density at radius 2 is 1.13 bits per heavy atom. The van der Waals surface area contributed by atoms with E-state index in [0.717, 1.165) is 5.52 Å². The van der Waals surface area contributed by atoms with Crippen molar-refractivity contribution in [2.24, 2.45) is 0 Å². The van der Waals surface area contributed by atoms with Crippen LogP contribution >= 0.6 is 0 Å². The second-order valence-electron chi connectivity index (χ2n) is 11.2. The van der Waals surface area contributed by atoms with Gasteiger partial charge in [-0.25, -0.2) is 0 Å². The molecule has 0 fully saturated rings. The van der Waals surface area contributed by atoms with E-state index in [2.05, 4.69) is 135 Å². The first-order valence-electron chi connectivity index (χ1n) is 13.6. The maximum Gasteiger partial charge on any atom is 0.0792 e. The number of hydrogen-bond donors (Lipinski definition) is 0. The largest absolute Gasteiger partial charge is 0.256 e. The summed E-state index contributed by atoms with van der Waals surface area (Å²) in [7, 11) is 0. The van der Waals surface area contributed by atoms with Crippen molar-refractivity contribution in [2.75, 3.05) is 0 Å². The minimum atomic E-state index is -0.00388. The molecule has 0 bridgehead atoms. The molecular formula is C38H27N. The lowest BCUT2D eigenvalue weighted by Gasteiger charge is -2.22. The van der Waals surface area contributed by atoms with Gasteiger partial charge in [0.15, 0.2) is 0 Å². The molecule has 0 N–H and O–H groups in total. The van der Waals surface area contributed by atoms with Crippen LogP contribution in [0.3, 0.4) is 0 Å². The van der Waals surface area contributed by atoms with E-state index in [-0.39, 0.29) is 5.41 Å². The Morgan fingerprint density at radius 1 is 0.487 bits per heavy atom. The molecule has 39 heavy (non-hydrogen) atoms. The number of hydrogen-bond acceptors (Lipinski definition) is 1. The van der Waals surface area contributed by atoms with Crippen LogP contribution in [0.5, 0.6) is 0 Å². The highest BCUT2D eigenvalue weighted by Crippen LogP contribution is 2.51. The number of pyridine rings is 1. The summed E-state index contributed by atoms with van der Waals surface area (Å²) in [4.78, 5) is 5.01. The van der Waals surface area contributed by atoms with Crippen LogP contribution in [0.1, 0.15) is 25.0 Å². The Bertz CT molecular complexity index is 2040. The van der Waals surface area contributed by atoms with Gasteiger partial charge in [-0.2, -0.15) is 0 Å². The first-order valence-corrected chi connectivity index (χ1v) is 13.6. The van der Waals surface area contributed by atoms with Gasteiger partial charge < -0.3 is 0 Å². The highest BCUT2D eigenvalue weighted by molar-refractivity contribution is 6.20. The van der Waals surface area contributed by atoms with Gasteiger partial charge in [0.25, 0.3) is 0 Å². The zero-order valence-electron chi connectivity index (χ0n) is 22.1. The third-order valence-corrected chi connectivity index (χ3v) is 8.69. The van der Waals surface area contributed by atoms with Crippen molar-refractivity contribution < 1.29 is 0 Å². The molecule has 0 saturated heterocycles. The van der Waals surface area contributed by atoms with E-state index >= 15 is 0 Å². The van der Waals surface area contributed by atoms with E-state index in [9.17, 15) is 0 Å². The average molecular weight is 498 g/mol. The standard InChI is InChI=1S/C38H27N/c1-38(2)33-16-8-7-12-28(33)32-23-27(19-20-34(32)38)35-29-13-5-6-14-30(29)36(37-31(35)15-9-21-39-37)26-18-17-24-10-3-4-11-25(24)22-26/h3-23H,1-2H3. The lowest BCUT2D eigenvalue weighted by Crippen LogP contribution is -2.14. The number of aromatic nitrogens is 1. The average Bonchev–Trinajstić information content (AvgIpc) is 3.21. The predicted molar refractivity (Wildman–Crippen MR) is 165 cm³/mol. The van der Waals surface area contributed by atoms with Crippen molar-refractivity contribution in [3.05, 3.63) is 139 Å². The van der Waals surface area contributed by atoms with Gasteiger partial charge in [0, 0.05) is 22.6 Å². The van der Waals surface area contributed by atoms with Crippen molar-refractivity contribution in [1.82, 2.24) is 4.98 Å². The van der Waals surface area contributed by atoms with Crippen LogP contribution in [0.4, 0.5) is 0 Å². The van der Waals surface area contributed by atoms with Crippen LogP contribution in [0, 0.1) is 0 Å². The summed E-state index contributed by atoms with van der Waals surface area (Å²) in [5.74, 6) is 0. The normalized spacial score (nSPS) is 13.6. The van der Waals surface area contributed by atoms with Crippen molar-refractivity contribution in [1.29, 1.82) is 0 Å². The topological polar surface area (TPSA) is 12.9 Å². The molecule has 1 heterocycles. The lowest BCUT2D eigenvalue weighted by molar-refractivity contribution is 0.660. The Morgan fingerprint density at radius 3 is 2.00 bits per heavy atom. The lowest BCUT2D eigenvalue weighted by atomic mass is 9.81. The third kappa shape index (κ3) is 3.17. The molecule has 0 saturated carbocycles. The van der Waals surface area contributed by atoms with E-state index in [1.807, 2.05) is 6.20 Å².